The van der Waals surface area contributed by atoms with Crippen LogP contribution in [-0.4, -0.2) is 10.2 Å². The number of hydrogen-bond acceptors (Lipinski definition) is 2. The second-order valence-electron chi connectivity index (χ2n) is 7.11. The van der Waals surface area contributed by atoms with Gasteiger partial charge in [0.15, 0.2) is 0 Å². The highest BCUT2D eigenvalue weighted by Crippen LogP contribution is 2.34. The van der Waals surface area contributed by atoms with E-state index in [2.05, 4.69) is 51.1 Å². The number of rotatable bonds is 2. The first kappa shape index (κ1) is 16.1. The quantitative estimate of drug-likeness (QED) is 0.633. The van der Waals surface area contributed by atoms with E-state index in [1.807, 2.05) is 18.2 Å². The molecule has 0 heterocycles. The normalized spacial score (nSPS) is 11.5. The minimum absolute atomic E-state index is 0.105. The predicted molar refractivity (Wildman–Crippen MR) is 99.3 cm³/mol. The van der Waals surface area contributed by atoms with Gasteiger partial charge in [-0.05, 0) is 57.5 Å². The topological polar surface area (TPSA) is 40.5 Å². The molecular weight excluding hydrogens is 296 g/mol. The zero-order valence-electron chi connectivity index (χ0n) is 14.2. The van der Waals surface area contributed by atoms with E-state index in [4.69, 9.17) is 0 Å². The van der Waals surface area contributed by atoms with Crippen LogP contribution in [-0.2, 0) is 5.41 Å². The molecule has 0 radical (unpaired) electrons. The Kier molecular flexibility index (Phi) is 4.06. The SMILES string of the molecule is CC(C)(C)c1cc(-c2ccc(-c3ccc(O)cc3)cc2)ccc1O. The number of phenols is 2. The van der Waals surface area contributed by atoms with E-state index in [1.165, 1.54) is 0 Å². The van der Waals surface area contributed by atoms with Crippen LogP contribution in [0.2, 0.25) is 0 Å². The van der Waals surface area contributed by atoms with E-state index in [0.717, 1.165) is 27.8 Å². The Morgan fingerprint density at radius 3 is 1.50 bits per heavy atom. The van der Waals surface area contributed by atoms with E-state index >= 15 is 0 Å². The molecule has 0 aliphatic carbocycles. The predicted octanol–water partition coefficient (Wildman–Crippen LogP) is 5.73. The third-order valence-corrected chi connectivity index (χ3v) is 4.22. The summed E-state index contributed by atoms with van der Waals surface area (Å²) in [7, 11) is 0. The summed E-state index contributed by atoms with van der Waals surface area (Å²) in [6.45, 7) is 6.29. The van der Waals surface area contributed by atoms with Crippen LogP contribution < -0.4 is 0 Å². The summed E-state index contributed by atoms with van der Waals surface area (Å²) in [4.78, 5) is 0. The average Bonchev–Trinajstić information content (AvgIpc) is 2.55. The van der Waals surface area contributed by atoms with Crippen molar-refractivity contribution in [2.24, 2.45) is 0 Å². The molecule has 0 atom stereocenters. The molecule has 0 unspecified atom stereocenters. The molecule has 0 aliphatic rings. The maximum absolute atomic E-state index is 10.1. The Bertz CT molecular complexity index is 839. The number of hydrogen-bond donors (Lipinski definition) is 2. The lowest BCUT2D eigenvalue weighted by atomic mass is 9.84. The summed E-state index contributed by atoms with van der Waals surface area (Å²) in [6.07, 6.45) is 0. The second-order valence-corrected chi connectivity index (χ2v) is 7.11. The van der Waals surface area contributed by atoms with Crippen LogP contribution in [0.1, 0.15) is 26.3 Å². The lowest BCUT2D eigenvalue weighted by Gasteiger charge is -2.21. The largest absolute Gasteiger partial charge is 0.508 e. The number of phenolic OH excluding ortho intramolecular Hbond substituents is 2. The van der Waals surface area contributed by atoms with Crippen molar-refractivity contribution in [1.29, 1.82) is 0 Å². The van der Waals surface area contributed by atoms with Crippen LogP contribution in [0.3, 0.4) is 0 Å². The molecule has 24 heavy (non-hydrogen) atoms. The van der Waals surface area contributed by atoms with Gasteiger partial charge in [0.05, 0.1) is 0 Å². The lowest BCUT2D eigenvalue weighted by molar-refractivity contribution is 0.447. The fourth-order valence-electron chi connectivity index (χ4n) is 2.83. The van der Waals surface area contributed by atoms with E-state index in [-0.39, 0.29) is 11.2 Å². The van der Waals surface area contributed by atoms with Crippen molar-refractivity contribution in [3.8, 4) is 33.8 Å². The highest BCUT2D eigenvalue weighted by Gasteiger charge is 2.18. The summed E-state index contributed by atoms with van der Waals surface area (Å²) in [5.74, 6) is 0.612. The van der Waals surface area contributed by atoms with Gasteiger partial charge in [0.2, 0.25) is 0 Å². The van der Waals surface area contributed by atoms with Gasteiger partial charge < -0.3 is 10.2 Å². The van der Waals surface area contributed by atoms with Crippen molar-refractivity contribution in [3.63, 3.8) is 0 Å². The monoisotopic (exact) mass is 318 g/mol. The van der Waals surface area contributed by atoms with Crippen molar-refractivity contribution in [2.45, 2.75) is 26.2 Å². The Morgan fingerprint density at radius 1 is 0.583 bits per heavy atom. The molecule has 0 bridgehead atoms. The first-order valence-electron chi connectivity index (χ1n) is 8.08. The van der Waals surface area contributed by atoms with Gasteiger partial charge in [-0.15, -0.1) is 0 Å². The maximum atomic E-state index is 10.1. The highest BCUT2D eigenvalue weighted by molar-refractivity contribution is 5.71. The third-order valence-electron chi connectivity index (χ3n) is 4.22. The van der Waals surface area contributed by atoms with Gasteiger partial charge in [-0.3, -0.25) is 0 Å². The molecule has 0 aromatic heterocycles. The van der Waals surface area contributed by atoms with Crippen molar-refractivity contribution in [3.05, 3.63) is 72.3 Å². The van der Waals surface area contributed by atoms with Crippen LogP contribution in [0, 0.1) is 0 Å². The summed E-state index contributed by atoms with van der Waals surface area (Å²) in [5.41, 5.74) is 5.22. The van der Waals surface area contributed by atoms with Crippen molar-refractivity contribution in [2.75, 3.05) is 0 Å². The van der Waals surface area contributed by atoms with Crippen molar-refractivity contribution < 1.29 is 10.2 Å². The van der Waals surface area contributed by atoms with Crippen LogP contribution in [0.5, 0.6) is 11.5 Å². The smallest absolute Gasteiger partial charge is 0.119 e. The van der Waals surface area contributed by atoms with E-state index in [0.29, 0.717) is 5.75 Å². The molecule has 0 amide bonds. The van der Waals surface area contributed by atoms with Crippen LogP contribution >= 0.6 is 0 Å². The number of aromatic hydroxyl groups is 2. The number of benzene rings is 3. The zero-order chi connectivity index (χ0) is 17.3. The fourth-order valence-corrected chi connectivity index (χ4v) is 2.83. The second kappa shape index (κ2) is 6.04. The van der Waals surface area contributed by atoms with Gasteiger partial charge in [0, 0.05) is 0 Å². The maximum Gasteiger partial charge on any atom is 0.119 e. The molecular formula is C22H22O2. The van der Waals surface area contributed by atoms with Gasteiger partial charge >= 0.3 is 0 Å². The molecule has 2 nitrogen and oxygen atoms in total. The van der Waals surface area contributed by atoms with Gasteiger partial charge in [0.25, 0.3) is 0 Å². The van der Waals surface area contributed by atoms with Crippen molar-refractivity contribution >= 4 is 0 Å². The van der Waals surface area contributed by atoms with Gasteiger partial charge in [-0.1, -0.05) is 63.2 Å². The summed E-state index contributed by atoms with van der Waals surface area (Å²) < 4.78 is 0. The Hall–Kier alpha value is -2.74. The fraction of sp³-hybridized carbons (Fsp3) is 0.182. The molecule has 3 rings (SSSR count). The van der Waals surface area contributed by atoms with Crippen molar-refractivity contribution in [1.82, 2.24) is 0 Å². The molecule has 0 aliphatic heterocycles. The van der Waals surface area contributed by atoms with Crippen LogP contribution in [0.4, 0.5) is 0 Å². The first-order valence-corrected chi connectivity index (χ1v) is 8.08. The van der Waals surface area contributed by atoms with E-state index < -0.39 is 0 Å². The molecule has 122 valence electrons. The van der Waals surface area contributed by atoms with Gasteiger partial charge in [0.1, 0.15) is 11.5 Å². The molecule has 0 spiro atoms. The summed E-state index contributed by atoms with van der Waals surface area (Å²) >= 11 is 0. The molecule has 3 aromatic rings. The minimum atomic E-state index is -0.105. The zero-order valence-corrected chi connectivity index (χ0v) is 14.2. The minimum Gasteiger partial charge on any atom is -0.508 e. The Balaban J connectivity index is 1.95. The van der Waals surface area contributed by atoms with E-state index in [9.17, 15) is 10.2 Å². The van der Waals surface area contributed by atoms with Gasteiger partial charge in [-0.2, -0.15) is 0 Å². The molecule has 2 heteroatoms. The molecule has 0 saturated heterocycles. The standard InChI is InChI=1S/C22H22O2/c1-22(2,3)20-14-18(10-13-21(20)24)17-6-4-15(5-7-17)16-8-11-19(23)12-9-16/h4-14,23-24H,1-3H3. The molecule has 0 saturated carbocycles. The average molecular weight is 318 g/mol. The molecule has 0 fully saturated rings. The summed E-state index contributed by atoms with van der Waals surface area (Å²) in [5, 5.41) is 19.5. The Morgan fingerprint density at radius 2 is 1.00 bits per heavy atom. The molecule has 3 aromatic carbocycles. The lowest BCUT2D eigenvalue weighted by Crippen LogP contribution is -2.11. The van der Waals surface area contributed by atoms with Crippen LogP contribution in [0.15, 0.2) is 66.7 Å². The highest BCUT2D eigenvalue weighted by atomic mass is 16.3. The van der Waals surface area contributed by atoms with Crippen LogP contribution in [0.25, 0.3) is 22.3 Å². The Labute approximate surface area is 143 Å². The molecule has 2 N–H and O–H groups in total. The first-order chi connectivity index (χ1) is 11.3. The van der Waals surface area contributed by atoms with Gasteiger partial charge in [-0.25, -0.2) is 0 Å². The third kappa shape index (κ3) is 3.28. The summed E-state index contributed by atoms with van der Waals surface area (Å²) in [6, 6.07) is 21.3. The van der Waals surface area contributed by atoms with E-state index in [1.54, 1.807) is 18.2 Å².